The molecule has 2 saturated carbocycles. The number of nitrogens with one attached hydrogen (secondary N) is 1. The quantitative estimate of drug-likeness (QED) is 0.811. The highest BCUT2D eigenvalue weighted by Gasteiger charge is 2.41. The zero-order valence-corrected chi connectivity index (χ0v) is 11.0. The van der Waals surface area contributed by atoms with E-state index in [2.05, 4.69) is 12.2 Å². The Balaban J connectivity index is 1.54. The lowest BCUT2D eigenvalue weighted by atomic mass is 10.0. The zero-order chi connectivity index (χ0) is 12.5. The van der Waals surface area contributed by atoms with Crippen LogP contribution in [0.3, 0.4) is 0 Å². The first-order valence-electron chi connectivity index (χ1n) is 7.23. The molecule has 2 aliphatic rings. The molecule has 0 radical (unpaired) electrons. The molecule has 1 aromatic carbocycles. The average molecular weight is 247 g/mol. The van der Waals surface area contributed by atoms with Gasteiger partial charge in [0.1, 0.15) is 5.82 Å². The lowest BCUT2D eigenvalue weighted by molar-refractivity contribution is 0.371. The molecule has 0 aliphatic heterocycles. The van der Waals surface area contributed by atoms with Gasteiger partial charge >= 0.3 is 0 Å². The molecular formula is C16H22FN. The summed E-state index contributed by atoms with van der Waals surface area (Å²) in [6.45, 7) is 2.25. The van der Waals surface area contributed by atoms with Crippen LogP contribution in [0.1, 0.15) is 38.2 Å². The van der Waals surface area contributed by atoms with Crippen molar-refractivity contribution in [3.63, 3.8) is 0 Å². The first-order valence-corrected chi connectivity index (χ1v) is 7.23. The van der Waals surface area contributed by atoms with Crippen molar-refractivity contribution in [2.24, 2.45) is 11.8 Å². The number of hydrogen-bond acceptors (Lipinski definition) is 1. The van der Waals surface area contributed by atoms with Gasteiger partial charge in [-0.15, -0.1) is 0 Å². The van der Waals surface area contributed by atoms with Crippen LogP contribution in [0.5, 0.6) is 0 Å². The zero-order valence-electron chi connectivity index (χ0n) is 11.0. The molecule has 1 nitrogen and oxygen atoms in total. The molecule has 1 atom stereocenters. The van der Waals surface area contributed by atoms with Gasteiger partial charge in [0.2, 0.25) is 0 Å². The molecule has 0 amide bonds. The van der Waals surface area contributed by atoms with E-state index >= 15 is 0 Å². The predicted octanol–water partition coefficient (Wildman–Crippen LogP) is 3.53. The fourth-order valence-corrected chi connectivity index (χ4v) is 2.93. The van der Waals surface area contributed by atoms with Crippen molar-refractivity contribution in [2.75, 3.05) is 0 Å². The first kappa shape index (κ1) is 12.2. The van der Waals surface area contributed by atoms with Gasteiger partial charge in [-0.3, -0.25) is 0 Å². The first-order chi connectivity index (χ1) is 8.72. The van der Waals surface area contributed by atoms with E-state index in [1.807, 2.05) is 12.1 Å². The summed E-state index contributed by atoms with van der Waals surface area (Å²) in [6, 6.07) is 8.15. The molecule has 3 rings (SSSR count). The minimum atomic E-state index is -0.145. The molecule has 0 aromatic heterocycles. The maximum atomic E-state index is 12.8. The monoisotopic (exact) mass is 247 g/mol. The van der Waals surface area contributed by atoms with E-state index < -0.39 is 0 Å². The average Bonchev–Trinajstić information content (AvgIpc) is 3.22. The Bertz CT molecular complexity index is 380. The van der Waals surface area contributed by atoms with Crippen molar-refractivity contribution in [2.45, 2.75) is 51.1 Å². The van der Waals surface area contributed by atoms with Crippen LogP contribution in [0, 0.1) is 17.7 Å². The van der Waals surface area contributed by atoms with Crippen LogP contribution < -0.4 is 5.32 Å². The fraction of sp³-hybridized carbons (Fsp3) is 0.625. The number of rotatable bonds is 6. The summed E-state index contributed by atoms with van der Waals surface area (Å²) in [4.78, 5) is 0. The van der Waals surface area contributed by atoms with Gasteiger partial charge in [-0.05, 0) is 68.6 Å². The Morgan fingerprint density at radius 1 is 1.11 bits per heavy atom. The number of hydrogen-bond donors (Lipinski definition) is 1. The van der Waals surface area contributed by atoms with Gasteiger partial charge in [-0.1, -0.05) is 12.1 Å². The van der Waals surface area contributed by atoms with Crippen molar-refractivity contribution >= 4 is 0 Å². The summed E-state index contributed by atoms with van der Waals surface area (Å²) >= 11 is 0. The van der Waals surface area contributed by atoms with Crippen LogP contribution in [-0.4, -0.2) is 12.1 Å². The molecule has 0 heterocycles. The smallest absolute Gasteiger partial charge is 0.123 e. The summed E-state index contributed by atoms with van der Waals surface area (Å²) in [7, 11) is 0. The van der Waals surface area contributed by atoms with E-state index in [4.69, 9.17) is 0 Å². The second-order valence-electron chi connectivity index (χ2n) is 6.10. The maximum Gasteiger partial charge on any atom is 0.123 e. The summed E-state index contributed by atoms with van der Waals surface area (Å²) < 4.78 is 12.8. The Kier molecular flexibility index (Phi) is 3.38. The molecule has 2 aliphatic carbocycles. The third kappa shape index (κ3) is 3.11. The predicted molar refractivity (Wildman–Crippen MR) is 71.9 cm³/mol. The summed E-state index contributed by atoms with van der Waals surface area (Å²) in [5.74, 6) is 1.73. The molecule has 0 bridgehead atoms. The molecule has 2 fully saturated rings. The van der Waals surface area contributed by atoms with E-state index in [0.717, 1.165) is 24.3 Å². The highest BCUT2D eigenvalue weighted by Crippen LogP contribution is 2.44. The summed E-state index contributed by atoms with van der Waals surface area (Å²) in [6.07, 6.45) is 6.65. The van der Waals surface area contributed by atoms with Crippen LogP contribution >= 0.6 is 0 Å². The van der Waals surface area contributed by atoms with Gasteiger partial charge < -0.3 is 5.32 Å². The van der Waals surface area contributed by atoms with E-state index in [0.29, 0.717) is 6.04 Å². The second kappa shape index (κ2) is 5.00. The van der Waals surface area contributed by atoms with Crippen molar-refractivity contribution in [1.82, 2.24) is 5.32 Å². The Hall–Kier alpha value is -0.890. The normalized spacial score (nSPS) is 21.3. The van der Waals surface area contributed by atoms with Gasteiger partial charge in [0, 0.05) is 12.1 Å². The van der Waals surface area contributed by atoms with E-state index in [9.17, 15) is 4.39 Å². The molecule has 0 saturated heterocycles. The van der Waals surface area contributed by atoms with Gasteiger partial charge in [-0.2, -0.15) is 0 Å². The summed E-state index contributed by atoms with van der Waals surface area (Å²) in [5, 5.41) is 3.81. The molecule has 98 valence electrons. The minimum absolute atomic E-state index is 0.145. The molecule has 1 aromatic rings. The lowest BCUT2D eigenvalue weighted by Crippen LogP contribution is -2.40. The Morgan fingerprint density at radius 2 is 1.67 bits per heavy atom. The van der Waals surface area contributed by atoms with E-state index in [1.165, 1.54) is 31.2 Å². The molecule has 0 spiro atoms. The fourth-order valence-electron chi connectivity index (χ4n) is 2.93. The third-order valence-electron chi connectivity index (χ3n) is 4.19. The van der Waals surface area contributed by atoms with Gasteiger partial charge in [0.15, 0.2) is 0 Å². The molecule has 18 heavy (non-hydrogen) atoms. The molecule has 2 heteroatoms. The standard InChI is InChI=1S/C16H22FN/c1-11(10-12-2-8-15(17)9-3-12)18-16(13-4-5-13)14-6-7-14/h2-3,8-9,11,13-14,16,18H,4-7,10H2,1H3. The minimum Gasteiger partial charge on any atom is -0.311 e. The largest absolute Gasteiger partial charge is 0.311 e. The highest BCUT2D eigenvalue weighted by molar-refractivity contribution is 5.17. The van der Waals surface area contributed by atoms with E-state index in [-0.39, 0.29) is 5.82 Å². The van der Waals surface area contributed by atoms with Crippen LogP contribution in [0.25, 0.3) is 0 Å². The summed E-state index contributed by atoms with van der Waals surface area (Å²) in [5.41, 5.74) is 1.22. The SMILES string of the molecule is CC(Cc1ccc(F)cc1)NC(C1CC1)C1CC1. The van der Waals surface area contributed by atoms with Crippen molar-refractivity contribution in [3.05, 3.63) is 35.6 Å². The van der Waals surface area contributed by atoms with Gasteiger partial charge in [-0.25, -0.2) is 4.39 Å². The van der Waals surface area contributed by atoms with Crippen molar-refractivity contribution in [3.8, 4) is 0 Å². The Morgan fingerprint density at radius 3 is 2.17 bits per heavy atom. The highest BCUT2D eigenvalue weighted by atomic mass is 19.1. The lowest BCUT2D eigenvalue weighted by Gasteiger charge is -2.23. The van der Waals surface area contributed by atoms with Crippen LogP contribution in [-0.2, 0) is 6.42 Å². The molecule has 1 unspecified atom stereocenters. The van der Waals surface area contributed by atoms with Crippen molar-refractivity contribution in [1.29, 1.82) is 0 Å². The second-order valence-corrected chi connectivity index (χ2v) is 6.10. The van der Waals surface area contributed by atoms with Crippen LogP contribution in [0.4, 0.5) is 4.39 Å². The molecule has 1 N–H and O–H groups in total. The van der Waals surface area contributed by atoms with Crippen molar-refractivity contribution < 1.29 is 4.39 Å². The van der Waals surface area contributed by atoms with Gasteiger partial charge in [0.05, 0.1) is 0 Å². The van der Waals surface area contributed by atoms with E-state index in [1.54, 1.807) is 12.1 Å². The number of benzene rings is 1. The third-order valence-corrected chi connectivity index (χ3v) is 4.19. The van der Waals surface area contributed by atoms with Crippen LogP contribution in [0.2, 0.25) is 0 Å². The molecular weight excluding hydrogens is 225 g/mol. The van der Waals surface area contributed by atoms with Gasteiger partial charge in [0.25, 0.3) is 0 Å². The topological polar surface area (TPSA) is 12.0 Å². The maximum absolute atomic E-state index is 12.8. The van der Waals surface area contributed by atoms with Crippen LogP contribution in [0.15, 0.2) is 24.3 Å². The number of halogens is 1. The Labute approximate surface area is 109 Å².